The standard InChI is InChI=1S/C19H17F2N5O/c1-11(2)7-16-24-18-19(23-6-5-22-18)26(16)9-12-8-25(27)10-14-13(12)3-4-15(20)17(14)21/h3-6,8,10-11H,7,9H2,1-2H3. The van der Waals surface area contributed by atoms with Gasteiger partial charge in [-0.25, -0.2) is 23.7 Å². The summed E-state index contributed by atoms with van der Waals surface area (Å²) in [6.45, 7) is 4.40. The fourth-order valence-corrected chi connectivity index (χ4v) is 3.24. The molecule has 0 bridgehead atoms. The lowest BCUT2D eigenvalue weighted by Gasteiger charge is -2.12. The van der Waals surface area contributed by atoms with Gasteiger partial charge in [-0.2, -0.15) is 4.73 Å². The average Bonchev–Trinajstić information content (AvgIpc) is 2.95. The molecule has 0 aliphatic carbocycles. The van der Waals surface area contributed by atoms with Crippen LogP contribution in [0, 0.1) is 22.8 Å². The normalized spacial score (nSPS) is 11.7. The molecule has 0 unspecified atom stereocenters. The number of hydrogen-bond acceptors (Lipinski definition) is 4. The summed E-state index contributed by atoms with van der Waals surface area (Å²) in [5, 5.41) is 12.4. The lowest BCUT2D eigenvalue weighted by atomic mass is 10.1. The van der Waals surface area contributed by atoms with Gasteiger partial charge in [0.05, 0.1) is 11.9 Å². The van der Waals surface area contributed by atoms with Crippen LogP contribution < -0.4 is 4.73 Å². The maximum Gasteiger partial charge on any atom is 0.197 e. The Hall–Kier alpha value is -3.16. The summed E-state index contributed by atoms with van der Waals surface area (Å²) >= 11 is 0. The molecule has 4 aromatic rings. The fourth-order valence-electron chi connectivity index (χ4n) is 3.24. The van der Waals surface area contributed by atoms with E-state index in [0.717, 1.165) is 18.1 Å². The molecule has 4 rings (SSSR count). The van der Waals surface area contributed by atoms with Crippen LogP contribution in [0.2, 0.25) is 0 Å². The number of halogens is 2. The van der Waals surface area contributed by atoms with Crippen LogP contribution in [0.5, 0.6) is 0 Å². The lowest BCUT2D eigenvalue weighted by Crippen LogP contribution is -2.26. The minimum absolute atomic E-state index is 0.0524. The van der Waals surface area contributed by atoms with Crippen LogP contribution in [0.1, 0.15) is 25.2 Å². The Labute approximate surface area is 153 Å². The first-order chi connectivity index (χ1) is 12.9. The summed E-state index contributed by atoms with van der Waals surface area (Å²) in [6.07, 6.45) is 6.24. The molecule has 27 heavy (non-hydrogen) atoms. The van der Waals surface area contributed by atoms with Gasteiger partial charge in [0, 0.05) is 29.8 Å². The summed E-state index contributed by atoms with van der Waals surface area (Å²) in [5.41, 5.74) is 1.65. The Morgan fingerprint density at radius 2 is 1.89 bits per heavy atom. The molecule has 3 heterocycles. The summed E-state index contributed by atoms with van der Waals surface area (Å²) in [5.74, 6) is -0.886. The van der Waals surface area contributed by atoms with Gasteiger partial charge < -0.3 is 9.77 Å². The molecule has 138 valence electrons. The fraction of sp³-hybridized carbons (Fsp3) is 0.263. The van der Waals surface area contributed by atoms with E-state index in [1.54, 1.807) is 12.4 Å². The van der Waals surface area contributed by atoms with Gasteiger partial charge >= 0.3 is 0 Å². The number of rotatable bonds is 4. The monoisotopic (exact) mass is 369 g/mol. The molecule has 0 amide bonds. The molecule has 0 fully saturated rings. The molecular weight excluding hydrogens is 352 g/mol. The third-order valence-electron chi connectivity index (χ3n) is 4.40. The molecule has 0 radical (unpaired) electrons. The molecule has 3 aromatic heterocycles. The van der Waals surface area contributed by atoms with Crippen molar-refractivity contribution in [3.05, 3.63) is 65.1 Å². The van der Waals surface area contributed by atoms with Gasteiger partial charge in [-0.1, -0.05) is 19.9 Å². The topological polar surface area (TPSA) is 70.5 Å². The molecule has 0 saturated heterocycles. The van der Waals surface area contributed by atoms with Gasteiger partial charge in [0.25, 0.3) is 0 Å². The van der Waals surface area contributed by atoms with Gasteiger partial charge in [0.2, 0.25) is 0 Å². The maximum atomic E-state index is 14.2. The summed E-state index contributed by atoms with van der Waals surface area (Å²) in [7, 11) is 0. The quantitative estimate of drug-likeness (QED) is 0.409. The number of nitrogens with zero attached hydrogens (tertiary/aromatic N) is 5. The maximum absolute atomic E-state index is 14.2. The van der Waals surface area contributed by atoms with E-state index in [1.165, 1.54) is 12.3 Å². The number of benzene rings is 1. The van der Waals surface area contributed by atoms with Crippen LogP contribution >= 0.6 is 0 Å². The van der Waals surface area contributed by atoms with Crippen LogP contribution in [0.25, 0.3) is 22.1 Å². The van der Waals surface area contributed by atoms with E-state index in [4.69, 9.17) is 0 Å². The van der Waals surface area contributed by atoms with E-state index in [1.807, 2.05) is 4.57 Å². The third-order valence-corrected chi connectivity index (χ3v) is 4.40. The largest absolute Gasteiger partial charge is 0.619 e. The van der Waals surface area contributed by atoms with Crippen molar-refractivity contribution in [2.75, 3.05) is 0 Å². The number of fused-ring (bicyclic) bond motifs is 2. The Bertz CT molecular complexity index is 1160. The van der Waals surface area contributed by atoms with Crippen LogP contribution in [-0.4, -0.2) is 19.5 Å². The van der Waals surface area contributed by atoms with Crippen molar-refractivity contribution in [2.45, 2.75) is 26.8 Å². The zero-order valence-corrected chi connectivity index (χ0v) is 14.9. The van der Waals surface area contributed by atoms with Crippen molar-refractivity contribution in [2.24, 2.45) is 5.92 Å². The predicted molar refractivity (Wildman–Crippen MR) is 95.8 cm³/mol. The van der Waals surface area contributed by atoms with Crippen molar-refractivity contribution in [1.82, 2.24) is 19.5 Å². The first kappa shape index (κ1) is 17.3. The SMILES string of the molecule is CC(C)Cc1nc2nccnc2n1Cc1c[n+]([O-])cc2c(F)c(F)ccc12. The number of pyridine rings is 1. The predicted octanol–water partition coefficient (Wildman–Crippen LogP) is 3.14. The summed E-state index contributed by atoms with van der Waals surface area (Å²) in [6, 6.07) is 2.55. The molecule has 0 aliphatic rings. The Morgan fingerprint density at radius 1 is 1.11 bits per heavy atom. The molecule has 0 atom stereocenters. The highest BCUT2D eigenvalue weighted by Crippen LogP contribution is 2.24. The summed E-state index contributed by atoms with van der Waals surface area (Å²) in [4.78, 5) is 13.2. The van der Waals surface area contributed by atoms with Crippen LogP contribution in [-0.2, 0) is 13.0 Å². The van der Waals surface area contributed by atoms with E-state index < -0.39 is 11.6 Å². The summed E-state index contributed by atoms with van der Waals surface area (Å²) < 4.78 is 30.1. The van der Waals surface area contributed by atoms with Crippen molar-refractivity contribution >= 4 is 22.1 Å². The molecule has 1 aromatic carbocycles. The van der Waals surface area contributed by atoms with Crippen LogP contribution in [0.15, 0.2) is 36.9 Å². The zero-order chi connectivity index (χ0) is 19.1. The second-order valence-corrected chi connectivity index (χ2v) is 6.88. The Kier molecular flexibility index (Phi) is 4.18. The van der Waals surface area contributed by atoms with Gasteiger partial charge in [0.15, 0.2) is 35.3 Å². The number of imidazole rings is 1. The average molecular weight is 369 g/mol. The van der Waals surface area contributed by atoms with Crippen LogP contribution in [0.4, 0.5) is 8.78 Å². The molecule has 8 heteroatoms. The van der Waals surface area contributed by atoms with Gasteiger partial charge in [-0.15, -0.1) is 0 Å². The zero-order valence-electron chi connectivity index (χ0n) is 14.9. The van der Waals surface area contributed by atoms with E-state index in [2.05, 4.69) is 28.8 Å². The Morgan fingerprint density at radius 3 is 2.67 bits per heavy atom. The molecule has 6 nitrogen and oxygen atoms in total. The first-order valence-corrected chi connectivity index (χ1v) is 8.59. The third kappa shape index (κ3) is 3.07. The lowest BCUT2D eigenvalue weighted by molar-refractivity contribution is -0.604. The highest BCUT2D eigenvalue weighted by Gasteiger charge is 2.19. The minimum atomic E-state index is -1.03. The highest BCUT2D eigenvalue weighted by molar-refractivity contribution is 5.85. The molecule has 0 saturated carbocycles. The molecule has 0 spiro atoms. The first-order valence-electron chi connectivity index (χ1n) is 8.59. The van der Waals surface area contributed by atoms with Gasteiger partial charge in [-0.05, 0) is 12.0 Å². The van der Waals surface area contributed by atoms with Crippen molar-refractivity contribution in [3.63, 3.8) is 0 Å². The highest BCUT2D eigenvalue weighted by atomic mass is 19.2. The van der Waals surface area contributed by atoms with Crippen molar-refractivity contribution < 1.29 is 13.5 Å². The van der Waals surface area contributed by atoms with Crippen molar-refractivity contribution in [1.29, 1.82) is 0 Å². The van der Waals surface area contributed by atoms with Gasteiger partial charge in [0.1, 0.15) is 5.82 Å². The molecule has 0 aliphatic heterocycles. The van der Waals surface area contributed by atoms with E-state index >= 15 is 0 Å². The van der Waals surface area contributed by atoms with Crippen LogP contribution in [0.3, 0.4) is 0 Å². The molecule has 0 N–H and O–H groups in total. The smallest absolute Gasteiger partial charge is 0.197 e. The number of aromatic nitrogens is 5. The van der Waals surface area contributed by atoms with E-state index in [0.29, 0.717) is 39.3 Å². The van der Waals surface area contributed by atoms with E-state index in [-0.39, 0.29) is 11.9 Å². The van der Waals surface area contributed by atoms with Crippen molar-refractivity contribution in [3.8, 4) is 0 Å². The molecular formula is C19H17F2N5O. The number of hydrogen-bond donors (Lipinski definition) is 0. The second kappa shape index (κ2) is 6.53. The van der Waals surface area contributed by atoms with Gasteiger partial charge in [-0.3, -0.25) is 0 Å². The Balaban J connectivity index is 1.91. The van der Waals surface area contributed by atoms with E-state index in [9.17, 15) is 14.0 Å². The second-order valence-electron chi connectivity index (χ2n) is 6.88. The minimum Gasteiger partial charge on any atom is -0.619 e.